The number of para-hydroxylation sites is 1. The molecule has 0 bridgehead atoms. The molecule has 4 aromatic rings. The van der Waals surface area contributed by atoms with Crippen LogP contribution in [0.25, 0.3) is 0 Å². The van der Waals surface area contributed by atoms with Gasteiger partial charge in [-0.2, -0.15) is 0 Å². The highest BCUT2D eigenvalue weighted by molar-refractivity contribution is 7.92. The predicted molar refractivity (Wildman–Crippen MR) is 135 cm³/mol. The normalized spacial score (nSPS) is 12.1. The molecule has 0 heterocycles. The van der Waals surface area contributed by atoms with Crippen molar-refractivity contribution in [1.82, 2.24) is 5.32 Å². The van der Waals surface area contributed by atoms with Gasteiger partial charge in [-0.25, -0.2) is 12.8 Å². The molecule has 0 spiro atoms. The first-order valence-corrected chi connectivity index (χ1v) is 12.5. The Morgan fingerprint density at radius 1 is 0.829 bits per heavy atom. The monoisotopic (exact) mass is 488 g/mol. The van der Waals surface area contributed by atoms with Gasteiger partial charge in [-0.05, 0) is 60.0 Å². The summed E-state index contributed by atoms with van der Waals surface area (Å²) in [6, 6.07) is 29.7. The zero-order valence-corrected chi connectivity index (χ0v) is 20.0. The van der Waals surface area contributed by atoms with Gasteiger partial charge in [0, 0.05) is 0 Å². The fraction of sp³-hybridized carbons (Fsp3) is 0.107. The maximum atomic E-state index is 13.5. The van der Waals surface area contributed by atoms with E-state index in [1.165, 1.54) is 12.1 Å². The van der Waals surface area contributed by atoms with Crippen LogP contribution in [-0.2, 0) is 14.8 Å². The summed E-state index contributed by atoms with van der Waals surface area (Å²) in [5.74, 6) is -1.02. The van der Waals surface area contributed by atoms with Gasteiger partial charge in [0.25, 0.3) is 10.0 Å². The van der Waals surface area contributed by atoms with E-state index in [0.29, 0.717) is 5.69 Å². The third kappa shape index (κ3) is 5.58. The van der Waals surface area contributed by atoms with Crippen LogP contribution in [0.5, 0.6) is 0 Å². The minimum Gasteiger partial charge on any atom is -0.344 e. The molecule has 4 aromatic carbocycles. The second kappa shape index (κ2) is 10.5. The topological polar surface area (TPSA) is 66.5 Å². The molecule has 5 nitrogen and oxygen atoms in total. The maximum Gasteiger partial charge on any atom is 0.264 e. The molecule has 1 amide bonds. The average molecular weight is 489 g/mol. The van der Waals surface area contributed by atoms with E-state index in [2.05, 4.69) is 5.32 Å². The van der Waals surface area contributed by atoms with Crippen molar-refractivity contribution in [3.63, 3.8) is 0 Å². The molecule has 0 saturated carbocycles. The molecule has 1 unspecified atom stereocenters. The molecule has 0 fully saturated rings. The highest BCUT2D eigenvalue weighted by Crippen LogP contribution is 2.26. The van der Waals surface area contributed by atoms with Crippen molar-refractivity contribution in [2.24, 2.45) is 0 Å². The molecule has 0 aliphatic heterocycles. The molecule has 0 radical (unpaired) electrons. The predicted octanol–water partition coefficient (Wildman–Crippen LogP) is 5.24. The summed E-state index contributed by atoms with van der Waals surface area (Å²) in [5.41, 5.74) is 3.13. The third-order valence-electron chi connectivity index (χ3n) is 5.67. The lowest BCUT2D eigenvalue weighted by Crippen LogP contribution is -2.42. The number of nitrogens with zero attached hydrogens (tertiary/aromatic N) is 1. The van der Waals surface area contributed by atoms with E-state index in [1.807, 2.05) is 61.5 Å². The van der Waals surface area contributed by atoms with Crippen LogP contribution in [-0.4, -0.2) is 20.9 Å². The number of hydrogen-bond donors (Lipinski definition) is 1. The maximum absolute atomic E-state index is 13.5. The molecule has 178 valence electrons. The van der Waals surface area contributed by atoms with Gasteiger partial charge in [0.1, 0.15) is 12.4 Å². The lowest BCUT2D eigenvalue weighted by atomic mass is 9.95. The van der Waals surface area contributed by atoms with Gasteiger partial charge >= 0.3 is 0 Å². The van der Waals surface area contributed by atoms with Crippen LogP contribution in [0.4, 0.5) is 10.1 Å². The van der Waals surface area contributed by atoms with E-state index in [9.17, 15) is 17.6 Å². The molecule has 1 atom stereocenters. The summed E-state index contributed by atoms with van der Waals surface area (Å²) in [4.78, 5) is 13.2. The van der Waals surface area contributed by atoms with Gasteiger partial charge in [0.05, 0.1) is 16.6 Å². The van der Waals surface area contributed by atoms with Crippen molar-refractivity contribution in [2.75, 3.05) is 10.8 Å². The Bertz CT molecular complexity index is 1390. The number of benzene rings is 4. The van der Waals surface area contributed by atoms with Crippen LogP contribution < -0.4 is 9.62 Å². The molecule has 0 saturated heterocycles. The lowest BCUT2D eigenvalue weighted by Gasteiger charge is -2.26. The quantitative estimate of drug-likeness (QED) is 0.369. The first-order chi connectivity index (χ1) is 16.9. The summed E-state index contributed by atoms with van der Waals surface area (Å²) in [7, 11) is -4.13. The minimum atomic E-state index is -4.13. The number of carbonyl (C=O) groups excluding carboxylic acids is 1. The van der Waals surface area contributed by atoms with Crippen LogP contribution in [0.15, 0.2) is 114 Å². The van der Waals surface area contributed by atoms with E-state index in [0.717, 1.165) is 33.1 Å². The first kappa shape index (κ1) is 24.2. The summed E-state index contributed by atoms with van der Waals surface area (Å²) in [5, 5.41) is 3.02. The van der Waals surface area contributed by atoms with Crippen LogP contribution in [0.3, 0.4) is 0 Å². The second-order valence-corrected chi connectivity index (χ2v) is 9.93. The second-order valence-electron chi connectivity index (χ2n) is 8.07. The summed E-state index contributed by atoms with van der Waals surface area (Å²) >= 11 is 0. The molecule has 1 N–H and O–H groups in total. The Hall–Kier alpha value is -3.97. The third-order valence-corrected chi connectivity index (χ3v) is 7.46. The zero-order chi connectivity index (χ0) is 24.8. The lowest BCUT2D eigenvalue weighted by molar-refractivity contribution is -0.120. The van der Waals surface area contributed by atoms with Crippen molar-refractivity contribution in [3.05, 3.63) is 132 Å². The molecule has 35 heavy (non-hydrogen) atoms. The van der Waals surface area contributed by atoms with Crippen molar-refractivity contribution in [1.29, 1.82) is 0 Å². The van der Waals surface area contributed by atoms with E-state index < -0.39 is 34.3 Å². The van der Waals surface area contributed by atoms with E-state index >= 15 is 0 Å². The minimum absolute atomic E-state index is 0.103. The summed E-state index contributed by atoms with van der Waals surface area (Å²) in [6.45, 7) is 1.52. The van der Waals surface area contributed by atoms with Gasteiger partial charge in [-0.3, -0.25) is 9.10 Å². The highest BCUT2D eigenvalue weighted by Gasteiger charge is 2.28. The zero-order valence-electron chi connectivity index (χ0n) is 19.1. The van der Waals surface area contributed by atoms with Gasteiger partial charge in [0.15, 0.2) is 0 Å². The number of rotatable bonds is 8. The Labute approximate surface area is 204 Å². The van der Waals surface area contributed by atoms with Crippen LogP contribution in [0.1, 0.15) is 22.7 Å². The number of amides is 1. The number of aryl methyl sites for hydroxylation is 1. The summed E-state index contributed by atoms with van der Waals surface area (Å²) < 4.78 is 41.4. The van der Waals surface area contributed by atoms with E-state index in [1.54, 1.807) is 30.3 Å². The fourth-order valence-corrected chi connectivity index (χ4v) is 5.30. The Morgan fingerprint density at radius 2 is 1.40 bits per heavy atom. The number of anilines is 1. The average Bonchev–Trinajstić information content (AvgIpc) is 2.87. The number of carbonyl (C=O) groups is 1. The number of nitrogens with one attached hydrogen (secondary N) is 1. The highest BCUT2D eigenvalue weighted by atomic mass is 32.2. The number of hydrogen-bond acceptors (Lipinski definition) is 3. The molecular weight excluding hydrogens is 463 g/mol. The smallest absolute Gasteiger partial charge is 0.264 e. The van der Waals surface area contributed by atoms with Crippen LogP contribution in [0, 0.1) is 12.7 Å². The van der Waals surface area contributed by atoms with E-state index in [4.69, 9.17) is 0 Å². The fourth-order valence-electron chi connectivity index (χ4n) is 3.88. The Morgan fingerprint density at radius 3 is 2.03 bits per heavy atom. The van der Waals surface area contributed by atoms with Crippen molar-refractivity contribution in [3.8, 4) is 0 Å². The molecule has 0 aliphatic rings. The van der Waals surface area contributed by atoms with Gasteiger partial charge in [0.2, 0.25) is 5.91 Å². The number of halogens is 1. The molecule has 7 heteroatoms. The first-order valence-electron chi connectivity index (χ1n) is 11.1. The van der Waals surface area contributed by atoms with Gasteiger partial charge < -0.3 is 5.32 Å². The molecular formula is C28H25FN2O3S. The molecule has 4 rings (SSSR count). The van der Waals surface area contributed by atoms with Crippen molar-refractivity contribution in [2.45, 2.75) is 17.9 Å². The largest absolute Gasteiger partial charge is 0.344 e. The van der Waals surface area contributed by atoms with Crippen LogP contribution in [0.2, 0.25) is 0 Å². The molecule has 0 aromatic heterocycles. The SMILES string of the molecule is Cc1ccccc1C(NC(=O)CN(c1ccccc1)S(=O)(=O)c1ccc(F)cc1)c1ccccc1. The Kier molecular flexibility index (Phi) is 7.27. The van der Waals surface area contributed by atoms with Crippen molar-refractivity contribution < 1.29 is 17.6 Å². The summed E-state index contributed by atoms with van der Waals surface area (Å²) in [6.07, 6.45) is 0. The van der Waals surface area contributed by atoms with Crippen LogP contribution >= 0.6 is 0 Å². The van der Waals surface area contributed by atoms with Gasteiger partial charge in [-0.15, -0.1) is 0 Å². The molecule has 0 aliphatic carbocycles. The Balaban J connectivity index is 1.68. The van der Waals surface area contributed by atoms with Crippen molar-refractivity contribution >= 4 is 21.6 Å². The van der Waals surface area contributed by atoms with E-state index in [-0.39, 0.29) is 4.90 Å². The standard InChI is InChI=1S/C28H25FN2O3S/c1-21-10-8-9-15-26(21)28(22-11-4-2-5-12-22)30-27(32)20-31(24-13-6-3-7-14-24)35(33,34)25-18-16-23(29)17-19-25/h2-19,28H,20H2,1H3,(H,30,32). The number of sulfonamides is 1. The van der Waals surface area contributed by atoms with Gasteiger partial charge in [-0.1, -0.05) is 72.8 Å².